The van der Waals surface area contributed by atoms with Crippen LogP contribution in [0, 0.1) is 0 Å². The fourth-order valence-corrected chi connectivity index (χ4v) is 4.93. The van der Waals surface area contributed by atoms with Gasteiger partial charge in [-0.25, -0.2) is 8.42 Å². The van der Waals surface area contributed by atoms with E-state index < -0.39 is 9.84 Å². The molecule has 3 aromatic rings. The topological polar surface area (TPSA) is 60.4 Å². The number of carbonyl (C=O) groups excluding carboxylic acids is 1. The smallest absolute Gasteiger partial charge is 0.310 e. The lowest BCUT2D eigenvalue weighted by Gasteiger charge is -2.09. The van der Waals surface area contributed by atoms with Crippen molar-refractivity contribution in [3.05, 3.63) is 87.9 Å². The van der Waals surface area contributed by atoms with E-state index in [9.17, 15) is 13.2 Å². The molecule has 0 radical (unpaired) electrons. The van der Waals surface area contributed by atoms with E-state index in [2.05, 4.69) is 0 Å². The van der Waals surface area contributed by atoms with Crippen molar-refractivity contribution >= 4 is 39.0 Å². The molecule has 7 heteroatoms. The van der Waals surface area contributed by atoms with Gasteiger partial charge < -0.3 is 4.74 Å². The van der Waals surface area contributed by atoms with E-state index in [-0.39, 0.29) is 23.0 Å². The van der Waals surface area contributed by atoms with Crippen LogP contribution in [0.1, 0.15) is 18.1 Å². The zero-order valence-electron chi connectivity index (χ0n) is 16.3. The largest absolute Gasteiger partial charge is 0.466 e. The van der Waals surface area contributed by atoms with Gasteiger partial charge in [-0.3, -0.25) is 4.79 Å². The summed E-state index contributed by atoms with van der Waals surface area (Å²) in [5.41, 5.74) is 2.90. The standard InChI is InChI=1S/C23H20Cl2O4S/c1-2-29-23(26)13-16-4-3-5-17(12-16)15-30(27,28)20-9-6-18(7-10-20)21-11-8-19(24)14-22(21)25/h3-12,14H,2,13,15H2,1H3. The molecule has 0 heterocycles. The minimum Gasteiger partial charge on any atom is -0.466 e. The molecule has 0 aromatic heterocycles. The minimum absolute atomic E-state index is 0.109. The molecule has 0 unspecified atom stereocenters. The van der Waals surface area contributed by atoms with Crippen LogP contribution in [0.2, 0.25) is 10.0 Å². The van der Waals surface area contributed by atoms with Crippen LogP contribution < -0.4 is 0 Å². The summed E-state index contributed by atoms with van der Waals surface area (Å²) in [4.78, 5) is 11.9. The van der Waals surface area contributed by atoms with Crippen LogP contribution in [0.5, 0.6) is 0 Å². The predicted molar refractivity (Wildman–Crippen MR) is 120 cm³/mol. The summed E-state index contributed by atoms with van der Waals surface area (Å²) in [7, 11) is -3.55. The molecule has 0 aliphatic rings. The van der Waals surface area contributed by atoms with E-state index in [1.165, 1.54) is 0 Å². The molecule has 3 aromatic carbocycles. The van der Waals surface area contributed by atoms with Crippen molar-refractivity contribution in [3.8, 4) is 11.1 Å². The van der Waals surface area contributed by atoms with Gasteiger partial charge in [-0.05, 0) is 47.9 Å². The monoisotopic (exact) mass is 462 g/mol. The Hall–Kier alpha value is -2.34. The number of hydrogen-bond acceptors (Lipinski definition) is 4. The maximum absolute atomic E-state index is 12.9. The first kappa shape index (κ1) is 22.3. The van der Waals surface area contributed by atoms with Gasteiger partial charge in [-0.2, -0.15) is 0 Å². The number of rotatable bonds is 7. The van der Waals surface area contributed by atoms with Crippen molar-refractivity contribution in [1.29, 1.82) is 0 Å². The summed E-state index contributed by atoms with van der Waals surface area (Å²) >= 11 is 12.2. The van der Waals surface area contributed by atoms with E-state index in [1.807, 2.05) is 0 Å². The number of sulfone groups is 1. The highest BCUT2D eigenvalue weighted by Gasteiger charge is 2.17. The number of hydrogen-bond donors (Lipinski definition) is 0. The van der Waals surface area contributed by atoms with Crippen molar-refractivity contribution in [3.63, 3.8) is 0 Å². The lowest BCUT2D eigenvalue weighted by Crippen LogP contribution is -2.09. The zero-order chi connectivity index (χ0) is 21.7. The second kappa shape index (κ2) is 9.65. The summed E-state index contributed by atoms with van der Waals surface area (Å²) < 4.78 is 30.7. The molecule has 0 aliphatic carbocycles. The number of halogens is 2. The number of benzene rings is 3. The molecule has 4 nitrogen and oxygen atoms in total. The molecule has 30 heavy (non-hydrogen) atoms. The Bertz CT molecular complexity index is 1160. The molecule has 0 fully saturated rings. The van der Waals surface area contributed by atoms with Crippen molar-refractivity contribution in [2.45, 2.75) is 24.0 Å². The second-order valence-electron chi connectivity index (χ2n) is 6.71. The van der Waals surface area contributed by atoms with Crippen LogP contribution in [0.15, 0.2) is 71.6 Å². The minimum atomic E-state index is -3.55. The Labute approximate surface area is 186 Å². The third-order valence-corrected chi connectivity index (χ3v) is 6.71. The fourth-order valence-electron chi connectivity index (χ4n) is 3.08. The van der Waals surface area contributed by atoms with Gasteiger partial charge >= 0.3 is 5.97 Å². The summed E-state index contributed by atoms with van der Waals surface area (Å²) in [5, 5.41) is 1.03. The highest BCUT2D eigenvalue weighted by atomic mass is 35.5. The van der Waals surface area contributed by atoms with Gasteiger partial charge in [0.05, 0.1) is 23.7 Å². The van der Waals surface area contributed by atoms with Crippen LogP contribution in [0.25, 0.3) is 11.1 Å². The Morgan fingerprint density at radius 1 is 0.933 bits per heavy atom. The summed E-state index contributed by atoms with van der Waals surface area (Å²) in [6, 6.07) is 18.7. The molecule has 0 saturated carbocycles. The lowest BCUT2D eigenvalue weighted by atomic mass is 10.1. The van der Waals surface area contributed by atoms with E-state index >= 15 is 0 Å². The molecule has 0 spiro atoms. The van der Waals surface area contributed by atoms with Gasteiger partial charge in [0.1, 0.15) is 0 Å². The summed E-state index contributed by atoms with van der Waals surface area (Å²) in [5.74, 6) is -0.501. The molecule has 156 valence electrons. The van der Waals surface area contributed by atoms with Gasteiger partial charge in [0.15, 0.2) is 9.84 Å². The molecule has 3 rings (SSSR count). The number of carbonyl (C=O) groups is 1. The average Bonchev–Trinajstić information content (AvgIpc) is 2.68. The van der Waals surface area contributed by atoms with E-state index in [0.29, 0.717) is 27.8 Å². The molecule has 0 amide bonds. The van der Waals surface area contributed by atoms with Gasteiger partial charge in [0, 0.05) is 15.6 Å². The van der Waals surface area contributed by atoms with E-state index in [0.717, 1.165) is 11.1 Å². The number of ether oxygens (including phenoxy) is 1. The normalized spacial score (nSPS) is 11.3. The first-order valence-corrected chi connectivity index (χ1v) is 11.7. The Balaban J connectivity index is 1.78. The third kappa shape index (κ3) is 5.63. The molecular weight excluding hydrogens is 443 g/mol. The zero-order valence-corrected chi connectivity index (χ0v) is 18.6. The van der Waals surface area contributed by atoms with Crippen molar-refractivity contribution in [2.75, 3.05) is 6.61 Å². The average molecular weight is 463 g/mol. The Kier molecular flexibility index (Phi) is 7.19. The highest BCUT2D eigenvalue weighted by Crippen LogP contribution is 2.31. The van der Waals surface area contributed by atoms with Crippen LogP contribution in [0.4, 0.5) is 0 Å². The quantitative estimate of drug-likeness (QED) is 0.420. The van der Waals surface area contributed by atoms with E-state index in [1.54, 1.807) is 73.7 Å². The first-order chi connectivity index (χ1) is 14.3. The maximum Gasteiger partial charge on any atom is 0.310 e. The highest BCUT2D eigenvalue weighted by molar-refractivity contribution is 7.90. The van der Waals surface area contributed by atoms with Gasteiger partial charge in [-0.15, -0.1) is 0 Å². The van der Waals surface area contributed by atoms with Gasteiger partial charge in [0.25, 0.3) is 0 Å². The van der Waals surface area contributed by atoms with Crippen LogP contribution in [0.3, 0.4) is 0 Å². The van der Waals surface area contributed by atoms with Crippen molar-refractivity contribution in [2.24, 2.45) is 0 Å². The molecule has 0 aliphatic heterocycles. The second-order valence-corrected chi connectivity index (χ2v) is 9.54. The fraction of sp³-hybridized carbons (Fsp3) is 0.174. The van der Waals surface area contributed by atoms with Crippen LogP contribution in [-0.4, -0.2) is 21.0 Å². The van der Waals surface area contributed by atoms with Crippen molar-refractivity contribution in [1.82, 2.24) is 0 Å². The molecule has 0 bridgehead atoms. The lowest BCUT2D eigenvalue weighted by molar-refractivity contribution is -0.142. The van der Waals surface area contributed by atoms with E-state index in [4.69, 9.17) is 27.9 Å². The maximum atomic E-state index is 12.9. The van der Waals surface area contributed by atoms with Crippen LogP contribution >= 0.6 is 23.2 Å². The SMILES string of the molecule is CCOC(=O)Cc1cccc(CS(=O)(=O)c2ccc(-c3ccc(Cl)cc3Cl)cc2)c1. The van der Waals surface area contributed by atoms with Crippen LogP contribution in [-0.2, 0) is 31.5 Å². The predicted octanol–water partition coefficient (Wildman–Crippen LogP) is 5.74. The third-order valence-electron chi connectivity index (χ3n) is 4.46. The van der Waals surface area contributed by atoms with Gasteiger partial charge in [0.2, 0.25) is 0 Å². The molecule has 0 saturated heterocycles. The van der Waals surface area contributed by atoms with Crippen molar-refractivity contribution < 1.29 is 17.9 Å². The Morgan fingerprint density at radius 3 is 2.30 bits per heavy atom. The molecule has 0 N–H and O–H groups in total. The molecular formula is C23H20Cl2O4S. The molecule has 0 atom stereocenters. The number of esters is 1. The summed E-state index contributed by atoms with van der Waals surface area (Å²) in [6.07, 6.45) is 0.109. The van der Waals surface area contributed by atoms with Gasteiger partial charge in [-0.1, -0.05) is 65.7 Å². The first-order valence-electron chi connectivity index (χ1n) is 9.30. The Morgan fingerprint density at radius 2 is 1.63 bits per heavy atom. The summed E-state index contributed by atoms with van der Waals surface area (Å²) in [6.45, 7) is 2.05.